The molecule has 0 aromatic heterocycles. The van der Waals surface area contributed by atoms with Crippen molar-refractivity contribution in [2.24, 2.45) is 10.4 Å². The number of hydrogen-bond acceptors (Lipinski definition) is 6. The first-order valence-electron chi connectivity index (χ1n) is 4.75. The molecule has 0 saturated heterocycles. The van der Waals surface area contributed by atoms with Crippen molar-refractivity contribution in [2.75, 3.05) is 11.7 Å². The Labute approximate surface area is 123 Å². The monoisotopic (exact) mass is 360 g/mol. The van der Waals surface area contributed by atoms with E-state index in [-0.39, 0.29) is 5.69 Å². The zero-order valence-corrected chi connectivity index (χ0v) is 12.5. The second-order valence-corrected chi connectivity index (χ2v) is 7.70. The van der Waals surface area contributed by atoms with E-state index in [1.54, 1.807) is 0 Å². The van der Waals surface area contributed by atoms with Crippen LogP contribution in [0, 0.1) is 4.91 Å². The fraction of sp³-hybridized carbons (Fsp3) is 0.143. The molecule has 1 heterocycles. The smallest absolute Gasteiger partial charge is 0.225 e. The van der Waals surface area contributed by atoms with Crippen molar-refractivity contribution in [3.8, 4) is 0 Å². The second kappa shape index (κ2) is 4.79. The molecule has 1 aromatic rings. The molecule has 0 atom stereocenters. The lowest BCUT2D eigenvalue weighted by molar-refractivity contribution is 0.571. The molecular formula is C7H6Cl2N4O5S2. The number of hydrogen-bond donors (Lipinski definition) is 2. The molecule has 20 heavy (non-hydrogen) atoms. The Hall–Kier alpha value is -0.980. The van der Waals surface area contributed by atoms with E-state index in [0.717, 1.165) is 6.07 Å². The number of fused-ring (bicyclic) bond motifs is 1. The molecule has 0 radical (unpaired) electrons. The van der Waals surface area contributed by atoms with E-state index >= 15 is 0 Å². The number of nitrogens with two attached hydrogens (primary N) is 1. The van der Waals surface area contributed by atoms with Crippen LogP contribution in [0.3, 0.4) is 0 Å². The number of nitrogens with zero attached hydrogens (tertiary/aromatic N) is 2. The Bertz CT molecular complexity index is 807. The fourth-order valence-corrected chi connectivity index (χ4v) is 4.37. The standard InChI is InChI=1S/C7H6Cl2N4O5S2/c8-5-3(19(10,15)16)1-4-7(6(5)9)13(12-14)2-11-20(4,17)18/h1,11H,2H2,(H2,10,15,16). The average molecular weight is 361 g/mol. The molecule has 1 aliphatic rings. The third-order valence-electron chi connectivity index (χ3n) is 2.47. The number of sulfonamides is 2. The quantitative estimate of drug-likeness (QED) is 0.730. The SMILES string of the molecule is NS(=O)(=O)c1cc2c(c(Cl)c1Cl)N(N=O)CNS2(=O)=O. The minimum Gasteiger partial charge on any atom is -0.225 e. The van der Waals surface area contributed by atoms with Crippen LogP contribution in [0.1, 0.15) is 0 Å². The van der Waals surface area contributed by atoms with E-state index in [2.05, 4.69) is 5.29 Å². The van der Waals surface area contributed by atoms with Gasteiger partial charge in [-0.2, -0.15) is 4.72 Å². The Morgan fingerprint density at radius 1 is 1.35 bits per heavy atom. The molecule has 0 bridgehead atoms. The summed E-state index contributed by atoms with van der Waals surface area (Å²) < 4.78 is 48.5. The van der Waals surface area contributed by atoms with Crippen LogP contribution in [-0.4, -0.2) is 23.5 Å². The lowest BCUT2D eigenvalue weighted by Crippen LogP contribution is -2.40. The van der Waals surface area contributed by atoms with Crippen molar-refractivity contribution in [3.05, 3.63) is 21.0 Å². The van der Waals surface area contributed by atoms with Crippen LogP contribution in [0.5, 0.6) is 0 Å². The van der Waals surface area contributed by atoms with Crippen LogP contribution in [0.2, 0.25) is 10.0 Å². The van der Waals surface area contributed by atoms with E-state index in [1.807, 2.05) is 4.72 Å². The first-order chi connectivity index (χ1) is 9.09. The van der Waals surface area contributed by atoms with Gasteiger partial charge in [0, 0.05) is 0 Å². The van der Waals surface area contributed by atoms with Crippen molar-refractivity contribution in [1.82, 2.24) is 4.72 Å². The number of benzene rings is 1. The summed E-state index contributed by atoms with van der Waals surface area (Å²) in [5.41, 5.74) is -0.308. The molecule has 3 N–H and O–H groups in total. The van der Waals surface area contributed by atoms with Gasteiger partial charge in [0.1, 0.15) is 22.1 Å². The maximum absolute atomic E-state index is 11.9. The summed E-state index contributed by atoms with van der Waals surface area (Å²) >= 11 is 11.6. The maximum Gasteiger partial charge on any atom is 0.244 e. The summed E-state index contributed by atoms with van der Waals surface area (Å²) in [6.07, 6.45) is 0. The number of rotatable bonds is 2. The van der Waals surface area contributed by atoms with Gasteiger partial charge in [-0.15, -0.1) is 4.91 Å². The van der Waals surface area contributed by atoms with Crippen molar-refractivity contribution >= 4 is 48.9 Å². The molecule has 2 rings (SSSR count). The highest BCUT2D eigenvalue weighted by Crippen LogP contribution is 2.43. The van der Waals surface area contributed by atoms with Crippen LogP contribution >= 0.6 is 23.2 Å². The topological polar surface area (TPSA) is 139 Å². The van der Waals surface area contributed by atoms with E-state index in [4.69, 9.17) is 28.3 Å². The molecule has 0 unspecified atom stereocenters. The average Bonchev–Trinajstić information content (AvgIpc) is 2.32. The maximum atomic E-state index is 11.9. The molecule has 0 aliphatic carbocycles. The van der Waals surface area contributed by atoms with Crippen LogP contribution < -0.4 is 14.9 Å². The number of anilines is 1. The van der Waals surface area contributed by atoms with Gasteiger partial charge in [-0.3, -0.25) is 0 Å². The first-order valence-corrected chi connectivity index (χ1v) is 8.53. The van der Waals surface area contributed by atoms with Gasteiger partial charge in [0.05, 0.1) is 15.3 Å². The predicted octanol–water partition coefficient (Wildman–Crippen LogP) is 0.378. The van der Waals surface area contributed by atoms with Crippen LogP contribution in [-0.2, 0) is 20.0 Å². The van der Waals surface area contributed by atoms with Gasteiger partial charge in [0.25, 0.3) is 0 Å². The van der Waals surface area contributed by atoms with Gasteiger partial charge in [-0.05, 0) is 6.07 Å². The summed E-state index contributed by atoms with van der Waals surface area (Å²) in [6, 6.07) is 0.721. The van der Waals surface area contributed by atoms with Crippen LogP contribution in [0.15, 0.2) is 21.1 Å². The lowest BCUT2D eigenvalue weighted by Gasteiger charge is -2.26. The number of halogens is 2. The van der Waals surface area contributed by atoms with Crippen molar-refractivity contribution < 1.29 is 16.8 Å². The highest BCUT2D eigenvalue weighted by molar-refractivity contribution is 7.90. The van der Waals surface area contributed by atoms with Crippen molar-refractivity contribution in [1.29, 1.82) is 0 Å². The highest BCUT2D eigenvalue weighted by Gasteiger charge is 2.35. The molecule has 1 aromatic carbocycles. The summed E-state index contributed by atoms with van der Waals surface area (Å²) in [4.78, 5) is 9.46. The van der Waals surface area contributed by atoms with Crippen LogP contribution in [0.4, 0.5) is 5.69 Å². The van der Waals surface area contributed by atoms with Gasteiger partial charge in [0.2, 0.25) is 20.0 Å². The van der Waals surface area contributed by atoms with E-state index in [0.29, 0.717) is 5.01 Å². The summed E-state index contributed by atoms with van der Waals surface area (Å²) in [5, 5.41) is 7.27. The minimum absolute atomic E-state index is 0.308. The van der Waals surface area contributed by atoms with Gasteiger partial charge in [0.15, 0.2) is 0 Å². The van der Waals surface area contributed by atoms with Gasteiger partial charge in [-0.1, -0.05) is 23.2 Å². The normalized spacial score (nSPS) is 17.6. The lowest BCUT2D eigenvalue weighted by atomic mass is 10.3. The van der Waals surface area contributed by atoms with Crippen molar-refractivity contribution in [3.63, 3.8) is 0 Å². The van der Waals surface area contributed by atoms with E-state index in [9.17, 15) is 21.7 Å². The predicted molar refractivity (Wildman–Crippen MR) is 71.3 cm³/mol. The number of nitrogens with one attached hydrogen (secondary N) is 1. The molecule has 9 nitrogen and oxygen atoms in total. The molecule has 0 spiro atoms. The zero-order chi connectivity index (χ0) is 15.3. The summed E-state index contributed by atoms with van der Waals surface area (Å²) in [6.45, 7) is -0.455. The van der Waals surface area contributed by atoms with Gasteiger partial charge in [-0.25, -0.2) is 27.0 Å². The molecule has 13 heteroatoms. The zero-order valence-electron chi connectivity index (χ0n) is 9.37. The van der Waals surface area contributed by atoms with E-state index < -0.39 is 46.6 Å². The Kier molecular flexibility index (Phi) is 3.69. The molecule has 0 amide bonds. The van der Waals surface area contributed by atoms with Crippen molar-refractivity contribution in [2.45, 2.75) is 9.79 Å². The Morgan fingerprint density at radius 3 is 2.45 bits per heavy atom. The van der Waals surface area contributed by atoms with Crippen LogP contribution in [0.25, 0.3) is 0 Å². The highest BCUT2D eigenvalue weighted by atomic mass is 35.5. The van der Waals surface area contributed by atoms with E-state index in [1.165, 1.54) is 0 Å². The number of primary sulfonamides is 1. The first kappa shape index (κ1) is 15.4. The summed E-state index contributed by atoms with van der Waals surface area (Å²) in [7, 11) is -8.36. The second-order valence-electron chi connectivity index (χ2n) is 3.68. The largest absolute Gasteiger partial charge is 0.244 e. The Morgan fingerprint density at radius 2 is 1.95 bits per heavy atom. The Balaban J connectivity index is 2.95. The molecule has 1 aliphatic heterocycles. The molecule has 110 valence electrons. The number of nitroso groups, excluding NO2 is 1. The fourth-order valence-electron chi connectivity index (χ4n) is 1.60. The third kappa shape index (κ3) is 2.36. The van der Waals surface area contributed by atoms with Gasteiger partial charge < -0.3 is 0 Å². The van der Waals surface area contributed by atoms with Gasteiger partial charge >= 0.3 is 0 Å². The molecule has 0 fully saturated rings. The third-order valence-corrected chi connectivity index (χ3v) is 5.77. The molecular weight excluding hydrogens is 355 g/mol. The molecule has 0 saturated carbocycles. The minimum atomic E-state index is -4.30. The summed E-state index contributed by atoms with van der Waals surface area (Å²) in [5.74, 6) is 0.